The van der Waals surface area contributed by atoms with Crippen LogP contribution in [0.5, 0.6) is 5.75 Å². The molecule has 0 atom stereocenters. The maximum Gasteiger partial charge on any atom is 0.367 e. The van der Waals surface area contributed by atoms with Gasteiger partial charge in [0.2, 0.25) is 0 Å². The Morgan fingerprint density at radius 3 is 1.77 bits per heavy atom. The van der Waals surface area contributed by atoms with Gasteiger partial charge in [-0.1, -0.05) is 35.4 Å². The summed E-state index contributed by atoms with van der Waals surface area (Å²) >= 11 is 0. The van der Waals surface area contributed by atoms with Crippen molar-refractivity contribution in [2.45, 2.75) is 13.5 Å². The molecule has 0 fully saturated rings. The van der Waals surface area contributed by atoms with Crippen molar-refractivity contribution < 1.29 is 33.5 Å². The molecule has 2 aliphatic rings. The SMILES string of the molecule is CCOc1ccc(CN2C(=O)c3ccccc3C2=O)cc1C(=O)ON1C(=O)c2ccccc2C1=O. The molecule has 9 nitrogen and oxygen atoms in total. The molecule has 5 rings (SSSR count). The van der Waals surface area contributed by atoms with Gasteiger partial charge >= 0.3 is 5.97 Å². The number of hydrogen-bond donors (Lipinski definition) is 0. The Bertz CT molecular complexity index is 1360. The Labute approximate surface area is 199 Å². The second-order valence-corrected chi connectivity index (χ2v) is 7.83. The number of imide groups is 2. The zero-order valence-electron chi connectivity index (χ0n) is 18.5. The monoisotopic (exact) mass is 470 g/mol. The Hall–Kier alpha value is -4.79. The molecule has 3 aromatic carbocycles. The number of benzene rings is 3. The largest absolute Gasteiger partial charge is 0.493 e. The lowest BCUT2D eigenvalue weighted by Gasteiger charge is -2.17. The fraction of sp³-hybridized carbons (Fsp3) is 0.115. The summed E-state index contributed by atoms with van der Waals surface area (Å²) in [4.78, 5) is 69.9. The molecule has 0 unspecified atom stereocenters. The number of fused-ring (bicyclic) bond motifs is 2. The van der Waals surface area contributed by atoms with E-state index in [-0.39, 0.29) is 35.6 Å². The van der Waals surface area contributed by atoms with Crippen LogP contribution < -0.4 is 4.74 Å². The van der Waals surface area contributed by atoms with Gasteiger partial charge in [0.15, 0.2) is 0 Å². The molecule has 2 aliphatic heterocycles. The highest BCUT2D eigenvalue weighted by molar-refractivity contribution is 6.22. The highest BCUT2D eigenvalue weighted by Gasteiger charge is 2.39. The van der Waals surface area contributed by atoms with Gasteiger partial charge in [-0.15, -0.1) is 0 Å². The molecule has 0 spiro atoms. The molecule has 174 valence electrons. The fourth-order valence-corrected chi connectivity index (χ4v) is 4.06. The molecule has 0 saturated heterocycles. The number of nitrogens with zero attached hydrogens (tertiary/aromatic N) is 2. The number of hydrogen-bond acceptors (Lipinski definition) is 7. The van der Waals surface area contributed by atoms with Gasteiger partial charge in [-0.3, -0.25) is 24.1 Å². The zero-order chi connectivity index (χ0) is 24.7. The maximum absolute atomic E-state index is 13.0. The minimum atomic E-state index is -0.993. The smallest absolute Gasteiger partial charge is 0.367 e. The average molecular weight is 470 g/mol. The van der Waals surface area contributed by atoms with E-state index in [4.69, 9.17) is 9.57 Å². The van der Waals surface area contributed by atoms with Crippen molar-refractivity contribution >= 4 is 29.6 Å². The van der Waals surface area contributed by atoms with E-state index < -0.39 is 29.6 Å². The third-order valence-electron chi connectivity index (χ3n) is 5.71. The van der Waals surface area contributed by atoms with E-state index in [0.717, 1.165) is 4.90 Å². The van der Waals surface area contributed by atoms with E-state index in [1.807, 2.05) is 0 Å². The number of carbonyl (C=O) groups is 5. The Kier molecular flexibility index (Phi) is 5.37. The number of amides is 4. The summed E-state index contributed by atoms with van der Waals surface area (Å²) in [6.45, 7) is 1.88. The van der Waals surface area contributed by atoms with Crippen LogP contribution in [-0.4, -0.2) is 46.2 Å². The number of rotatable bonds is 6. The van der Waals surface area contributed by atoms with Crippen molar-refractivity contribution in [2.24, 2.45) is 0 Å². The highest BCUT2D eigenvalue weighted by atomic mass is 16.7. The van der Waals surface area contributed by atoms with Crippen LogP contribution in [0, 0.1) is 0 Å². The summed E-state index contributed by atoms with van der Waals surface area (Å²) in [5.41, 5.74) is 1.29. The lowest BCUT2D eigenvalue weighted by molar-refractivity contribution is -0.0586. The summed E-state index contributed by atoms with van der Waals surface area (Å²) in [5.74, 6) is -3.20. The third-order valence-corrected chi connectivity index (χ3v) is 5.71. The van der Waals surface area contributed by atoms with Crippen LogP contribution in [-0.2, 0) is 11.4 Å². The molecular weight excluding hydrogens is 452 g/mol. The van der Waals surface area contributed by atoms with Crippen LogP contribution in [0.15, 0.2) is 66.7 Å². The first-order valence-electron chi connectivity index (χ1n) is 10.8. The minimum Gasteiger partial charge on any atom is -0.493 e. The lowest BCUT2D eigenvalue weighted by Crippen LogP contribution is -2.33. The van der Waals surface area contributed by atoms with E-state index >= 15 is 0 Å². The molecule has 4 amide bonds. The zero-order valence-corrected chi connectivity index (χ0v) is 18.5. The molecule has 2 heterocycles. The molecule has 0 aromatic heterocycles. The van der Waals surface area contributed by atoms with E-state index in [1.165, 1.54) is 24.3 Å². The summed E-state index contributed by atoms with van der Waals surface area (Å²) in [7, 11) is 0. The van der Waals surface area contributed by atoms with Gasteiger partial charge in [0.05, 0.1) is 35.4 Å². The highest BCUT2D eigenvalue weighted by Crippen LogP contribution is 2.28. The summed E-state index contributed by atoms with van der Waals surface area (Å²) in [5, 5.41) is 0.416. The number of hydroxylamine groups is 2. The standard InChI is InChI=1S/C26H18N2O7/c1-2-34-21-12-11-15(14-27-22(29)16-7-3-4-8-17(16)23(27)30)13-20(21)26(33)35-28-24(31)18-9-5-6-10-19(18)25(28)32/h3-13H,2,14H2,1H3. The fourth-order valence-electron chi connectivity index (χ4n) is 4.06. The third kappa shape index (κ3) is 3.63. The van der Waals surface area contributed by atoms with Crippen LogP contribution in [0.25, 0.3) is 0 Å². The van der Waals surface area contributed by atoms with Gasteiger partial charge in [-0.25, -0.2) is 4.79 Å². The molecule has 35 heavy (non-hydrogen) atoms. The average Bonchev–Trinajstić information content (AvgIpc) is 3.26. The van der Waals surface area contributed by atoms with Gasteiger partial charge < -0.3 is 9.57 Å². The molecular formula is C26H18N2O7. The normalized spacial score (nSPS) is 14.3. The van der Waals surface area contributed by atoms with Crippen molar-refractivity contribution in [1.29, 1.82) is 0 Å². The van der Waals surface area contributed by atoms with E-state index in [2.05, 4.69) is 0 Å². The van der Waals surface area contributed by atoms with Crippen LogP contribution >= 0.6 is 0 Å². The van der Waals surface area contributed by atoms with Crippen LogP contribution in [0.3, 0.4) is 0 Å². The second kappa shape index (κ2) is 8.53. The predicted molar refractivity (Wildman–Crippen MR) is 121 cm³/mol. The molecule has 3 aromatic rings. The minimum absolute atomic E-state index is 0.0579. The Morgan fingerprint density at radius 1 is 0.743 bits per heavy atom. The van der Waals surface area contributed by atoms with E-state index in [9.17, 15) is 24.0 Å². The maximum atomic E-state index is 13.0. The second-order valence-electron chi connectivity index (χ2n) is 7.83. The molecule has 0 radical (unpaired) electrons. The summed E-state index contributed by atoms with van der Waals surface area (Å²) in [6, 6.07) is 17.2. The Morgan fingerprint density at radius 2 is 1.26 bits per heavy atom. The summed E-state index contributed by atoms with van der Waals surface area (Å²) in [6.07, 6.45) is 0. The van der Waals surface area contributed by atoms with Crippen molar-refractivity contribution in [3.8, 4) is 5.75 Å². The molecule has 0 N–H and O–H groups in total. The molecule has 0 aliphatic carbocycles. The number of ether oxygens (including phenoxy) is 1. The molecule has 0 bridgehead atoms. The topological polar surface area (TPSA) is 110 Å². The van der Waals surface area contributed by atoms with Gasteiger partial charge in [-0.2, -0.15) is 0 Å². The van der Waals surface area contributed by atoms with Crippen molar-refractivity contribution in [1.82, 2.24) is 9.96 Å². The van der Waals surface area contributed by atoms with E-state index in [1.54, 1.807) is 49.4 Å². The van der Waals surface area contributed by atoms with Crippen molar-refractivity contribution in [2.75, 3.05) is 6.61 Å². The van der Waals surface area contributed by atoms with Crippen LogP contribution in [0.1, 0.15) is 64.3 Å². The van der Waals surface area contributed by atoms with Crippen molar-refractivity contribution in [3.63, 3.8) is 0 Å². The van der Waals surface area contributed by atoms with Gasteiger partial charge in [0.25, 0.3) is 23.6 Å². The first kappa shape index (κ1) is 22.0. The number of carbonyl (C=O) groups excluding carboxylic acids is 5. The quantitative estimate of drug-likeness (QED) is 0.509. The Balaban J connectivity index is 1.41. The van der Waals surface area contributed by atoms with Crippen LogP contribution in [0.2, 0.25) is 0 Å². The predicted octanol–water partition coefficient (Wildman–Crippen LogP) is 3.25. The lowest BCUT2D eigenvalue weighted by atomic mass is 10.1. The summed E-state index contributed by atoms with van der Waals surface area (Å²) < 4.78 is 5.52. The first-order valence-corrected chi connectivity index (χ1v) is 10.8. The van der Waals surface area contributed by atoms with Crippen molar-refractivity contribution in [3.05, 3.63) is 100 Å². The molecule has 0 saturated carbocycles. The molecule has 9 heteroatoms. The van der Waals surface area contributed by atoms with Gasteiger partial charge in [0.1, 0.15) is 11.3 Å². The van der Waals surface area contributed by atoms with E-state index in [0.29, 0.717) is 21.8 Å². The van der Waals surface area contributed by atoms with Gasteiger partial charge in [-0.05, 0) is 48.9 Å². The van der Waals surface area contributed by atoms with Crippen LogP contribution in [0.4, 0.5) is 0 Å². The first-order chi connectivity index (χ1) is 16.9. The van der Waals surface area contributed by atoms with Gasteiger partial charge in [0, 0.05) is 0 Å².